The van der Waals surface area contributed by atoms with Gasteiger partial charge in [-0.15, -0.1) is 0 Å². The van der Waals surface area contributed by atoms with Crippen LogP contribution in [-0.2, 0) is 14.3 Å². The Kier molecular flexibility index (Phi) is 1.54. The smallest absolute Gasteiger partial charge is 0.376 e. The predicted octanol–water partition coefficient (Wildman–Crippen LogP) is 0.982. The van der Waals surface area contributed by atoms with Crippen molar-refractivity contribution in [3.63, 3.8) is 0 Å². The summed E-state index contributed by atoms with van der Waals surface area (Å²) in [7, 11) is 0. The Morgan fingerprint density at radius 1 is 1.27 bits per heavy atom. The Labute approximate surface area is 85.6 Å². The van der Waals surface area contributed by atoms with E-state index in [2.05, 4.69) is 4.99 Å². The number of hydrogen-bond donors (Lipinski definition) is 0. The summed E-state index contributed by atoms with van der Waals surface area (Å²) < 4.78 is 4.72. The van der Waals surface area contributed by atoms with Gasteiger partial charge in [0.2, 0.25) is 0 Å². The molecule has 1 aromatic carbocycles. The molecule has 0 saturated carbocycles. The van der Waals surface area contributed by atoms with Crippen LogP contribution in [0, 0.1) is 0 Å². The molecule has 1 atom stereocenters. The number of nitrogens with zero attached hydrogens (tertiary/aromatic N) is 1. The Morgan fingerprint density at radius 2 is 2.07 bits per heavy atom. The van der Waals surface area contributed by atoms with E-state index in [1.807, 2.05) is 24.3 Å². The Hall–Kier alpha value is -1.97. The number of carbonyl (C=O) groups excluding carboxylic acids is 2. The average Bonchev–Trinajstić information content (AvgIpc) is 2.62. The van der Waals surface area contributed by atoms with E-state index >= 15 is 0 Å². The minimum absolute atomic E-state index is 0.129. The third kappa shape index (κ3) is 1.05. The SMILES string of the molecule is O=C1OCC2=Nc3ccccc3C2C1=O. The van der Waals surface area contributed by atoms with Gasteiger partial charge in [0.25, 0.3) is 5.78 Å². The maximum Gasteiger partial charge on any atom is 0.376 e. The molecule has 4 heteroatoms. The van der Waals surface area contributed by atoms with Gasteiger partial charge >= 0.3 is 5.97 Å². The molecule has 2 aliphatic heterocycles. The van der Waals surface area contributed by atoms with Gasteiger partial charge in [-0.1, -0.05) is 18.2 Å². The molecule has 2 heterocycles. The van der Waals surface area contributed by atoms with Gasteiger partial charge in [0.15, 0.2) is 0 Å². The molecule has 15 heavy (non-hydrogen) atoms. The lowest BCUT2D eigenvalue weighted by Crippen LogP contribution is -2.36. The fraction of sp³-hybridized carbons (Fsp3) is 0.182. The van der Waals surface area contributed by atoms with E-state index in [-0.39, 0.29) is 6.61 Å². The van der Waals surface area contributed by atoms with Crippen LogP contribution in [0.15, 0.2) is 29.3 Å². The number of rotatable bonds is 0. The van der Waals surface area contributed by atoms with Crippen molar-refractivity contribution in [2.24, 2.45) is 4.99 Å². The van der Waals surface area contributed by atoms with Crippen molar-refractivity contribution in [3.8, 4) is 0 Å². The molecular formula is C11H7NO3. The van der Waals surface area contributed by atoms with Crippen LogP contribution in [-0.4, -0.2) is 24.1 Å². The second kappa shape index (κ2) is 2.76. The second-order valence-electron chi connectivity index (χ2n) is 3.54. The van der Waals surface area contributed by atoms with Crippen molar-refractivity contribution in [3.05, 3.63) is 29.8 Å². The fourth-order valence-corrected chi connectivity index (χ4v) is 1.97. The monoisotopic (exact) mass is 201 g/mol. The zero-order valence-corrected chi connectivity index (χ0v) is 7.77. The normalized spacial score (nSPS) is 22.9. The van der Waals surface area contributed by atoms with Crippen LogP contribution in [0.1, 0.15) is 11.5 Å². The lowest BCUT2D eigenvalue weighted by Gasteiger charge is -2.17. The van der Waals surface area contributed by atoms with E-state index in [0.29, 0.717) is 5.71 Å². The molecule has 0 aliphatic carbocycles. The quantitative estimate of drug-likeness (QED) is 0.464. The summed E-state index contributed by atoms with van der Waals surface area (Å²) in [5.41, 5.74) is 2.22. The topological polar surface area (TPSA) is 55.7 Å². The Balaban J connectivity index is 2.16. The molecule has 0 aromatic heterocycles. The number of ether oxygens (including phenoxy) is 1. The highest BCUT2D eigenvalue weighted by atomic mass is 16.5. The molecule has 1 saturated heterocycles. The molecule has 0 bridgehead atoms. The van der Waals surface area contributed by atoms with Crippen molar-refractivity contribution in [1.82, 2.24) is 0 Å². The molecule has 1 fully saturated rings. The first kappa shape index (κ1) is 8.35. The first-order valence-corrected chi connectivity index (χ1v) is 4.65. The molecule has 4 nitrogen and oxygen atoms in total. The van der Waals surface area contributed by atoms with Gasteiger partial charge in [-0.3, -0.25) is 9.79 Å². The molecular weight excluding hydrogens is 194 g/mol. The number of Topliss-reactive ketones (excluding diaryl/α,β-unsaturated/α-hetero) is 1. The number of fused-ring (bicyclic) bond motifs is 3. The third-order valence-electron chi connectivity index (χ3n) is 2.66. The largest absolute Gasteiger partial charge is 0.454 e. The summed E-state index contributed by atoms with van der Waals surface area (Å²) >= 11 is 0. The minimum Gasteiger partial charge on any atom is -0.454 e. The van der Waals surface area contributed by atoms with Crippen molar-refractivity contribution in [1.29, 1.82) is 0 Å². The number of carbonyl (C=O) groups is 2. The first-order chi connectivity index (χ1) is 7.27. The van der Waals surface area contributed by atoms with Crippen molar-refractivity contribution in [2.45, 2.75) is 5.92 Å². The van der Waals surface area contributed by atoms with Gasteiger partial charge in [0, 0.05) is 0 Å². The predicted molar refractivity (Wildman–Crippen MR) is 52.2 cm³/mol. The van der Waals surface area contributed by atoms with Gasteiger partial charge in [0.05, 0.1) is 17.3 Å². The van der Waals surface area contributed by atoms with Crippen LogP contribution < -0.4 is 0 Å². The van der Waals surface area contributed by atoms with E-state index in [4.69, 9.17) is 4.74 Å². The molecule has 1 aromatic rings. The molecule has 74 valence electrons. The molecule has 0 amide bonds. The van der Waals surface area contributed by atoms with Crippen LogP contribution in [0.2, 0.25) is 0 Å². The highest BCUT2D eigenvalue weighted by molar-refractivity contribution is 6.43. The molecule has 2 aliphatic rings. The number of aliphatic imine (C=N–C) groups is 1. The second-order valence-corrected chi connectivity index (χ2v) is 3.54. The van der Waals surface area contributed by atoms with Crippen molar-refractivity contribution in [2.75, 3.05) is 6.61 Å². The Morgan fingerprint density at radius 3 is 2.93 bits per heavy atom. The lowest BCUT2D eigenvalue weighted by atomic mass is 9.90. The molecule has 0 radical (unpaired) electrons. The number of esters is 1. The maximum atomic E-state index is 11.6. The summed E-state index contributed by atoms with van der Waals surface area (Å²) in [6.45, 7) is 0.129. The van der Waals surface area contributed by atoms with Crippen LogP contribution in [0.5, 0.6) is 0 Å². The highest BCUT2D eigenvalue weighted by Crippen LogP contribution is 2.37. The number of hydrogen-bond acceptors (Lipinski definition) is 4. The summed E-state index contributed by atoms with van der Waals surface area (Å²) in [6.07, 6.45) is 0. The average molecular weight is 201 g/mol. The van der Waals surface area contributed by atoms with Crippen LogP contribution in [0.4, 0.5) is 5.69 Å². The number of ketones is 1. The van der Waals surface area contributed by atoms with Crippen molar-refractivity contribution < 1.29 is 14.3 Å². The van der Waals surface area contributed by atoms with Gasteiger partial charge in [-0.05, 0) is 11.6 Å². The zero-order chi connectivity index (χ0) is 10.4. The number of benzene rings is 1. The van der Waals surface area contributed by atoms with E-state index in [1.165, 1.54) is 0 Å². The van der Waals surface area contributed by atoms with Crippen LogP contribution in [0.3, 0.4) is 0 Å². The minimum atomic E-state index is -0.754. The Bertz CT molecular complexity index is 504. The summed E-state index contributed by atoms with van der Waals surface area (Å²) in [5, 5.41) is 0. The van der Waals surface area contributed by atoms with Crippen LogP contribution in [0.25, 0.3) is 0 Å². The summed E-state index contributed by atoms with van der Waals surface area (Å²) in [6, 6.07) is 7.35. The van der Waals surface area contributed by atoms with E-state index in [1.54, 1.807) is 0 Å². The molecule has 0 N–H and O–H groups in total. The van der Waals surface area contributed by atoms with Crippen molar-refractivity contribution >= 4 is 23.2 Å². The zero-order valence-electron chi connectivity index (χ0n) is 7.77. The van der Waals surface area contributed by atoms with E-state index < -0.39 is 17.7 Å². The number of cyclic esters (lactones) is 1. The number of para-hydroxylation sites is 1. The molecule has 3 rings (SSSR count). The van der Waals surface area contributed by atoms with Gasteiger partial charge in [-0.2, -0.15) is 0 Å². The maximum absolute atomic E-state index is 11.6. The van der Waals surface area contributed by atoms with E-state index in [0.717, 1.165) is 11.3 Å². The lowest BCUT2D eigenvalue weighted by molar-refractivity contribution is -0.154. The van der Waals surface area contributed by atoms with Gasteiger partial charge in [-0.25, -0.2) is 4.79 Å². The third-order valence-corrected chi connectivity index (χ3v) is 2.66. The van der Waals surface area contributed by atoms with E-state index in [9.17, 15) is 9.59 Å². The molecule has 0 spiro atoms. The summed E-state index contributed by atoms with van der Waals surface area (Å²) in [5.74, 6) is -1.76. The standard InChI is InChI=1S/C11H7NO3/c13-10-9-6-3-1-2-4-7(6)12-8(9)5-15-11(10)14/h1-4,9H,5H2. The van der Waals surface area contributed by atoms with Gasteiger partial charge in [0.1, 0.15) is 6.61 Å². The molecule has 1 unspecified atom stereocenters. The first-order valence-electron chi connectivity index (χ1n) is 4.65. The fourth-order valence-electron chi connectivity index (χ4n) is 1.97. The highest BCUT2D eigenvalue weighted by Gasteiger charge is 2.41. The van der Waals surface area contributed by atoms with Gasteiger partial charge < -0.3 is 4.74 Å². The van der Waals surface area contributed by atoms with Crippen LogP contribution >= 0.6 is 0 Å². The summed E-state index contributed by atoms with van der Waals surface area (Å²) in [4.78, 5) is 27.0.